The van der Waals surface area contributed by atoms with Crippen molar-refractivity contribution in [3.8, 4) is 5.75 Å². The zero-order chi connectivity index (χ0) is 15.4. The van der Waals surface area contributed by atoms with E-state index in [1.165, 1.54) is 18.4 Å². The van der Waals surface area contributed by atoms with Gasteiger partial charge in [0.2, 0.25) is 0 Å². The molecule has 0 unspecified atom stereocenters. The van der Waals surface area contributed by atoms with Gasteiger partial charge in [-0.3, -0.25) is 0 Å². The Labute approximate surface area is 125 Å². The van der Waals surface area contributed by atoms with Gasteiger partial charge in [-0.15, -0.1) is 0 Å². The Morgan fingerprint density at radius 3 is 2.43 bits per heavy atom. The fourth-order valence-corrected chi connectivity index (χ4v) is 2.42. The second kappa shape index (κ2) is 7.03. The van der Waals surface area contributed by atoms with Crippen LogP contribution in [0, 0.1) is 13.8 Å². The van der Waals surface area contributed by atoms with Crippen LogP contribution in [0.15, 0.2) is 17.7 Å². The zero-order valence-corrected chi connectivity index (χ0v) is 12.9. The molecule has 2 rings (SSSR count). The molecule has 0 heterocycles. The van der Waals surface area contributed by atoms with Crippen molar-refractivity contribution in [1.29, 1.82) is 0 Å². The highest BCUT2D eigenvalue weighted by atomic mass is 19.3. The van der Waals surface area contributed by atoms with Crippen LogP contribution >= 0.6 is 0 Å². The minimum Gasteiger partial charge on any atom is -0.434 e. The maximum atomic E-state index is 12.4. The van der Waals surface area contributed by atoms with Gasteiger partial charge in [-0.1, -0.05) is 18.6 Å². The van der Waals surface area contributed by atoms with Crippen molar-refractivity contribution >= 4 is 6.08 Å². The summed E-state index contributed by atoms with van der Waals surface area (Å²) in [6.45, 7) is 3.85. The van der Waals surface area contributed by atoms with E-state index in [1.54, 1.807) is 13.8 Å². The van der Waals surface area contributed by atoms with E-state index in [-0.39, 0.29) is 5.75 Å². The van der Waals surface area contributed by atoms with Gasteiger partial charge >= 0.3 is 6.61 Å². The standard InChI is InChI=1S/C17H23F2NO/c1-4-13(10-20-15-5-6-15)9-14-7-11(2)16(12(3)8-14)21-17(18)19/h7-9,15,17,20H,4-6,10H2,1-3H3. The number of hydrogen-bond donors (Lipinski definition) is 1. The van der Waals surface area contributed by atoms with Crippen LogP contribution in [0.2, 0.25) is 0 Å². The summed E-state index contributed by atoms with van der Waals surface area (Å²) in [6, 6.07) is 4.49. The lowest BCUT2D eigenvalue weighted by Crippen LogP contribution is -2.18. The van der Waals surface area contributed by atoms with Crippen molar-refractivity contribution in [1.82, 2.24) is 5.32 Å². The molecule has 1 saturated carbocycles. The van der Waals surface area contributed by atoms with Crippen molar-refractivity contribution < 1.29 is 13.5 Å². The molecule has 0 radical (unpaired) electrons. The SMILES string of the molecule is CCC(=Cc1cc(C)c(OC(F)F)c(C)c1)CNC1CC1. The Kier molecular flexibility index (Phi) is 5.34. The molecule has 1 aromatic rings. The molecule has 4 heteroatoms. The summed E-state index contributed by atoms with van der Waals surface area (Å²) in [5.74, 6) is 0.288. The molecule has 1 fully saturated rings. The first-order valence-electron chi connectivity index (χ1n) is 7.48. The van der Waals surface area contributed by atoms with Crippen LogP contribution in [0.5, 0.6) is 5.75 Å². The van der Waals surface area contributed by atoms with Gasteiger partial charge in [-0.2, -0.15) is 8.78 Å². The van der Waals surface area contributed by atoms with Crippen molar-refractivity contribution in [3.05, 3.63) is 34.4 Å². The summed E-state index contributed by atoms with van der Waals surface area (Å²) < 4.78 is 29.4. The highest BCUT2D eigenvalue weighted by Gasteiger charge is 2.20. The summed E-state index contributed by atoms with van der Waals surface area (Å²) >= 11 is 0. The van der Waals surface area contributed by atoms with E-state index in [0.717, 1.165) is 29.7 Å². The smallest absolute Gasteiger partial charge is 0.387 e. The fourth-order valence-electron chi connectivity index (χ4n) is 2.42. The number of hydrogen-bond acceptors (Lipinski definition) is 2. The maximum Gasteiger partial charge on any atom is 0.387 e. The minimum atomic E-state index is -2.78. The molecular formula is C17H23F2NO. The van der Waals surface area contributed by atoms with E-state index in [2.05, 4.69) is 23.1 Å². The third-order valence-electron chi connectivity index (χ3n) is 3.71. The Hall–Kier alpha value is -1.42. The number of benzene rings is 1. The molecule has 2 nitrogen and oxygen atoms in total. The van der Waals surface area contributed by atoms with Gasteiger partial charge in [0, 0.05) is 12.6 Å². The topological polar surface area (TPSA) is 21.3 Å². The Balaban J connectivity index is 2.14. The Bertz CT molecular complexity index is 499. The second-order valence-electron chi connectivity index (χ2n) is 5.67. The summed E-state index contributed by atoms with van der Waals surface area (Å²) in [5.41, 5.74) is 3.85. The van der Waals surface area contributed by atoms with E-state index in [1.807, 2.05) is 12.1 Å². The lowest BCUT2D eigenvalue weighted by atomic mass is 10.0. The van der Waals surface area contributed by atoms with Crippen LogP contribution in [-0.2, 0) is 0 Å². The highest BCUT2D eigenvalue weighted by molar-refractivity contribution is 5.58. The van der Waals surface area contributed by atoms with Crippen molar-refractivity contribution in [3.63, 3.8) is 0 Å². The first-order chi connectivity index (χ1) is 9.99. The van der Waals surface area contributed by atoms with Crippen molar-refractivity contribution in [2.24, 2.45) is 0 Å². The van der Waals surface area contributed by atoms with Crippen LogP contribution in [-0.4, -0.2) is 19.2 Å². The van der Waals surface area contributed by atoms with Crippen LogP contribution in [0.25, 0.3) is 6.08 Å². The zero-order valence-electron chi connectivity index (χ0n) is 12.9. The Morgan fingerprint density at radius 2 is 1.95 bits per heavy atom. The maximum absolute atomic E-state index is 12.4. The molecule has 0 saturated heterocycles. The molecule has 21 heavy (non-hydrogen) atoms. The molecule has 0 aromatic heterocycles. The minimum absolute atomic E-state index is 0.288. The van der Waals surface area contributed by atoms with Gasteiger partial charge < -0.3 is 10.1 Å². The lowest BCUT2D eigenvalue weighted by Gasteiger charge is -2.13. The number of ether oxygens (including phenoxy) is 1. The molecule has 0 aliphatic heterocycles. The molecule has 1 aromatic carbocycles. The summed E-state index contributed by atoms with van der Waals surface area (Å²) in [5, 5.41) is 3.50. The Morgan fingerprint density at radius 1 is 1.33 bits per heavy atom. The molecule has 1 aliphatic carbocycles. The monoisotopic (exact) mass is 295 g/mol. The molecule has 0 atom stereocenters. The van der Waals surface area contributed by atoms with Gasteiger partial charge in [0.1, 0.15) is 5.75 Å². The average molecular weight is 295 g/mol. The first kappa shape index (κ1) is 16.0. The number of halogens is 2. The highest BCUT2D eigenvalue weighted by Crippen LogP contribution is 2.27. The van der Waals surface area contributed by atoms with E-state index in [0.29, 0.717) is 6.04 Å². The predicted octanol–water partition coefficient (Wildman–Crippen LogP) is 4.45. The second-order valence-corrected chi connectivity index (χ2v) is 5.67. The summed E-state index contributed by atoms with van der Waals surface area (Å²) in [7, 11) is 0. The number of rotatable bonds is 7. The van der Waals surface area contributed by atoms with Gasteiger partial charge in [0.05, 0.1) is 0 Å². The summed E-state index contributed by atoms with van der Waals surface area (Å²) in [6.07, 6.45) is 5.67. The number of aryl methyl sites for hydroxylation is 2. The first-order valence-corrected chi connectivity index (χ1v) is 7.48. The number of nitrogens with one attached hydrogen (secondary N) is 1. The third kappa shape index (κ3) is 4.81. The van der Waals surface area contributed by atoms with Gasteiger partial charge in [-0.25, -0.2) is 0 Å². The van der Waals surface area contributed by atoms with Crippen molar-refractivity contribution in [2.75, 3.05) is 6.54 Å². The average Bonchev–Trinajstić information content (AvgIpc) is 3.22. The van der Waals surface area contributed by atoms with E-state index in [9.17, 15) is 8.78 Å². The molecule has 0 bridgehead atoms. The third-order valence-corrected chi connectivity index (χ3v) is 3.71. The largest absolute Gasteiger partial charge is 0.434 e. The van der Waals surface area contributed by atoms with E-state index < -0.39 is 6.61 Å². The normalized spacial score (nSPS) is 15.6. The van der Waals surface area contributed by atoms with Gasteiger partial charge in [0.25, 0.3) is 0 Å². The van der Waals surface area contributed by atoms with Crippen molar-refractivity contribution in [2.45, 2.75) is 52.7 Å². The van der Waals surface area contributed by atoms with E-state index in [4.69, 9.17) is 0 Å². The molecule has 1 N–H and O–H groups in total. The van der Waals surface area contributed by atoms with E-state index >= 15 is 0 Å². The molecule has 116 valence electrons. The molecule has 1 aliphatic rings. The van der Waals surface area contributed by atoms with Crippen LogP contribution < -0.4 is 10.1 Å². The van der Waals surface area contributed by atoms with Crippen LogP contribution in [0.4, 0.5) is 8.78 Å². The van der Waals surface area contributed by atoms with Crippen LogP contribution in [0.1, 0.15) is 42.9 Å². The lowest BCUT2D eigenvalue weighted by molar-refractivity contribution is -0.0507. The molecular weight excluding hydrogens is 272 g/mol. The predicted molar refractivity (Wildman–Crippen MR) is 81.8 cm³/mol. The molecule has 0 spiro atoms. The van der Waals surface area contributed by atoms with Gasteiger partial charge in [-0.05, 0) is 61.9 Å². The van der Waals surface area contributed by atoms with Crippen LogP contribution in [0.3, 0.4) is 0 Å². The quantitative estimate of drug-likeness (QED) is 0.802. The molecule has 0 amide bonds. The van der Waals surface area contributed by atoms with Gasteiger partial charge in [0.15, 0.2) is 0 Å². The summed E-state index contributed by atoms with van der Waals surface area (Å²) in [4.78, 5) is 0. The number of alkyl halides is 2. The fraction of sp³-hybridized carbons (Fsp3) is 0.529.